The van der Waals surface area contributed by atoms with E-state index in [2.05, 4.69) is 34.6 Å². The standard InChI is InChI=1S/C18H25ClN4O2/c1-4-20-18(21-10-15-9-16(12(2)3)23-25-15)22-11-17(24)13-5-7-14(19)8-6-13/h5-9,12,17,24H,4,10-11H2,1-3H3,(H2,20,21,22). The summed E-state index contributed by atoms with van der Waals surface area (Å²) in [6, 6.07) is 9.05. The van der Waals surface area contributed by atoms with Crippen molar-refractivity contribution in [3.8, 4) is 0 Å². The van der Waals surface area contributed by atoms with E-state index in [1.807, 2.05) is 13.0 Å². The van der Waals surface area contributed by atoms with Crippen LogP contribution >= 0.6 is 11.6 Å². The molecule has 0 saturated carbocycles. The molecule has 0 aliphatic heterocycles. The van der Waals surface area contributed by atoms with Gasteiger partial charge in [0.25, 0.3) is 0 Å². The summed E-state index contributed by atoms with van der Waals surface area (Å²) in [4.78, 5) is 4.46. The van der Waals surface area contributed by atoms with E-state index in [-0.39, 0.29) is 0 Å². The largest absolute Gasteiger partial charge is 0.387 e. The molecule has 2 rings (SSSR count). The Morgan fingerprint density at radius 1 is 1.28 bits per heavy atom. The second-order valence-corrected chi connectivity index (χ2v) is 6.45. The van der Waals surface area contributed by atoms with Gasteiger partial charge in [0.1, 0.15) is 6.54 Å². The Morgan fingerprint density at radius 2 is 2.00 bits per heavy atom. The van der Waals surface area contributed by atoms with Crippen molar-refractivity contribution in [1.29, 1.82) is 0 Å². The first-order valence-corrected chi connectivity index (χ1v) is 8.78. The number of benzene rings is 1. The molecule has 0 amide bonds. The molecular weight excluding hydrogens is 340 g/mol. The molecule has 0 spiro atoms. The van der Waals surface area contributed by atoms with Crippen LogP contribution in [0.2, 0.25) is 5.02 Å². The van der Waals surface area contributed by atoms with Gasteiger partial charge in [0, 0.05) is 24.2 Å². The lowest BCUT2D eigenvalue weighted by molar-refractivity contribution is 0.181. The SMILES string of the molecule is CCNC(=NCc1cc(C(C)C)no1)NCC(O)c1ccc(Cl)cc1. The van der Waals surface area contributed by atoms with Gasteiger partial charge < -0.3 is 20.3 Å². The summed E-state index contributed by atoms with van der Waals surface area (Å²) in [5.74, 6) is 1.64. The van der Waals surface area contributed by atoms with Crippen molar-refractivity contribution in [2.45, 2.75) is 39.3 Å². The molecule has 2 aromatic rings. The van der Waals surface area contributed by atoms with Crippen LogP contribution in [0, 0.1) is 0 Å². The summed E-state index contributed by atoms with van der Waals surface area (Å²) in [6.07, 6.45) is -0.654. The van der Waals surface area contributed by atoms with Gasteiger partial charge in [0.15, 0.2) is 11.7 Å². The number of aliphatic imine (C=N–C) groups is 1. The van der Waals surface area contributed by atoms with Gasteiger partial charge in [0.05, 0.1) is 11.8 Å². The molecule has 136 valence electrons. The summed E-state index contributed by atoms with van der Waals surface area (Å²) >= 11 is 5.87. The molecule has 6 nitrogen and oxygen atoms in total. The van der Waals surface area contributed by atoms with Crippen molar-refractivity contribution < 1.29 is 9.63 Å². The first-order chi connectivity index (χ1) is 12.0. The van der Waals surface area contributed by atoms with E-state index < -0.39 is 6.10 Å². The quantitative estimate of drug-likeness (QED) is 0.519. The first-order valence-electron chi connectivity index (χ1n) is 8.40. The van der Waals surface area contributed by atoms with Gasteiger partial charge >= 0.3 is 0 Å². The summed E-state index contributed by atoms with van der Waals surface area (Å²) in [6.45, 7) is 7.55. The third-order valence-corrected chi connectivity index (χ3v) is 3.88. The van der Waals surface area contributed by atoms with Gasteiger partial charge in [-0.25, -0.2) is 4.99 Å². The molecule has 0 fully saturated rings. The fourth-order valence-corrected chi connectivity index (χ4v) is 2.30. The molecule has 25 heavy (non-hydrogen) atoms. The highest BCUT2D eigenvalue weighted by atomic mass is 35.5. The van der Waals surface area contributed by atoms with Crippen LogP contribution in [-0.2, 0) is 6.54 Å². The maximum Gasteiger partial charge on any atom is 0.191 e. The minimum absolute atomic E-state index is 0.322. The van der Waals surface area contributed by atoms with Crippen molar-refractivity contribution in [2.24, 2.45) is 4.99 Å². The molecule has 0 bridgehead atoms. The molecule has 0 aliphatic carbocycles. The number of guanidine groups is 1. The van der Waals surface area contributed by atoms with Crippen LogP contribution in [0.1, 0.15) is 49.8 Å². The topological polar surface area (TPSA) is 82.7 Å². The zero-order chi connectivity index (χ0) is 18.2. The normalized spacial score (nSPS) is 13.1. The molecule has 1 aromatic heterocycles. The molecule has 7 heteroatoms. The predicted octanol–water partition coefficient (Wildman–Crippen LogP) is 3.24. The van der Waals surface area contributed by atoms with Crippen molar-refractivity contribution in [2.75, 3.05) is 13.1 Å². The van der Waals surface area contributed by atoms with Crippen molar-refractivity contribution >= 4 is 17.6 Å². The summed E-state index contributed by atoms with van der Waals surface area (Å²) in [5.41, 5.74) is 1.71. The zero-order valence-corrected chi connectivity index (χ0v) is 15.5. The minimum atomic E-state index is -0.654. The average molecular weight is 365 g/mol. The highest BCUT2D eigenvalue weighted by Gasteiger charge is 2.10. The Morgan fingerprint density at radius 3 is 2.60 bits per heavy atom. The number of nitrogens with zero attached hydrogens (tertiary/aromatic N) is 2. The second kappa shape index (κ2) is 9.44. The summed E-state index contributed by atoms with van der Waals surface area (Å²) in [5, 5.41) is 21.2. The molecule has 1 heterocycles. The number of hydrogen-bond donors (Lipinski definition) is 3. The number of aliphatic hydroxyl groups excluding tert-OH is 1. The Balaban J connectivity index is 1.93. The highest BCUT2D eigenvalue weighted by molar-refractivity contribution is 6.30. The molecule has 1 unspecified atom stereocenters. The lowest BCUT2D eigenvalue weighted by Gasteiger charge is -2.15. The summed E-state index contributed by atoms with van der Waals surface area (Å²) in [7, 11) is 0. The fourth-order valence-electron chi connectivity index (χ4n) is 2.17. The molecule has 0 aliphatic rings. The van der Waals surface area contributed by atoms with Crippen molar-refractivity contribution in [1.82, 2.24) is 15.8 Å². The maximum atomic E-state index is 10.3. The molecule has 0 saturated heterocycles. The Labute approximate surface area is 153 Å². The monoisotopic (exact) mass is 364 g/mol. The van der Waals surface area contributed by atoms with Crippen LogP contribution < -0.4 is 10.6 Å². The average Bonchev–Trinajstić information content (AvgIpc) is 3.07. The molecular formula is C18H25ClN4O2. The second-order valence-electron chi connectivity index (χ2n) is 6.02. The van der Waals surface area contributed by atoms with Crippen molar-refractivity contribution in [3.63, 3.8) is 0 Å². The number of aliphatic hydroxyl groups is 1. The van der Waals surface area contributed by atoms with Crippen LogP contribution in [0.4, 0.5) is 0 Å². The van der Waals surface area contributed by atoms with E-state index >= 15 is 0 Å². The Hall–Kier alpha value is -2.05. The van der Waals surface area contributed by atoms with Gasteiger partial charge in [-0.1, -0.05) is 42.7 Å². The van der Waals surface area contributed by atoms with Gasteiger partial charge in [-0.2, -0.15) is 0 Å². The van der Waals surface area contributed by atoms with Gasteiger partial charge in [-0.3, -0.25) is 0 Å². The van der Waals surface area contributed by atoms with Gasteiger partial charge in [-0.15, -0.1) is 0 Å². The minimum Gasteiger partial charge on any atom is -0.387 e. The molecule has 1 aromatic carbocycles. The number of hydrogen-bond acceptors (Lipinski definition) is 4. The van der Waals surface area contributed by atoms with E-state index in [0.29, 0.717) is 35.7 Å². The van der Waals surface area contributed by atoms with E-state index in [1.54, 1.807) is 24.3 Å². The summed E-state index contributed by atoms with van der Waals surface area (Å²) < 4.78 is 5.29. The van der Waals surface area contributed by atoms with Crippen LogP contribution in [0.15, 0.2) is 39.8 Å². The van der Waals surface area contributed by atoms with E-state index in [9.17, 15) is 5.11 Å². The van der Waals surface area contributed by atoms with Crippen LogP contribution in [0.25, 0.3) is 0 Å². The Kier molecular flexibility index (Phi) is 7.28. The van der Waals surface area contributed by atoms with Crippen LogP contribution in [0.3, 0.4) is 0 Å². The molecule has 0 radical (unpaired) electrons. The lowest BCUT2D eigenvalue weighted by Crippen LogP contribution is -2.39. The third-order valence-electron chi connectivity index (χ3n) is 3.62. The van der Waals surface area contributed by atoms with E-state index in [4.69, 9.17) is 16.1 Å². The molecule has 3 N–H and O–H groups in total. The van der Waals surface area contributed by atoms with E-state index in [0.717, 1.165) is 17.8 Å². The maximum absolute atomic E-state index is 10.3. The number of halogens is 1. The number of nitrogens with one attached hydrogen (secondary N) is 2. The fraction of sp³-hybridized carbons (Fsp3) is 0.444. The molecule has 1 atom stereocenters. The highest BCUT2D eigenvalue weighted by Crippen LogP contribution is 2.16. The Bertz CT molecular complexity index is 683. The lowest BCUT2D eigenvalue weighted by atomic mass is 10.1. The van der Waals surface area contributed by atoms with Crippen LogP contribution in [-0.4, -0.2) is 29.3 Å². The van der Waals surface area contributed by atoms with Crippen LogP contribution in [0.5, 0.6) is 0 Å². The third kappa shape index (κ3) is 6.07. The van der Waals surface area contributed by atoms with Gasteiger partial charge in [-0.05, 0) is 30.5 Å². The van der Waals surface area contributed by atoms with E-state index in [1.165, 1.54) is 0 Å². The van der Waals surface area contributed by atoms with Crippen molar-refractivity contribution in [3.05, 3.63) is 52.4 Å². The number of rotatable bonds is 7. The smallest absolute Gasteiger partial charge is 0.191 e. The zero-order valence-electron chi connectivity index (χ0n) is 14.8. The number of aromatic nitrogens is 1. The first kappa shape index (κ1) is 19.3. The van der Waals surface area contributed by atoms with Gasteiger partial charge in [0.2, 0.25) is 0 Å². The predicted molar refractivity (Wildman–Crippen MR) is 99.8 cm³/mol.